The van der Waals surface area contributed by atoms with Gasteiger partial charge in [-0.3, -0.25) is 9.78 Å². The Bertz CT molecular complexity index is 1470. The van der Waals surface area contributed by atoms with E-state index in [1.807, 2.05) is 39.9 Å². The highest BCUT2D eigenvalue weighted by molar-refractivity contribution is 5.93. The first-order valence-corrected chi connectivity index (χ1v) is 9.82. The van der Waals surface area contributed by atoms with Crippen molar-refractivity contribution in [2.24, 2.45) is 0 Å². The fourth-order valence-corrected chi connectivity index (χ4v) is 4.03. The number of benzene rings is 1. The zero-order valence-electron chi connectivity index (χ0n) is 16.4. The van der Waals surface area contributed by atoms with Crippen LogP contribution in [0.2, 0.25) is 0 Å². The monoisotopic (exact) mass is 411 g/mol. The van der Waals surface area contributed by atoms with Crippen molar-refractivity contribution < 1.29 is 4.79 Å². The lowest BCUT2D eigenvalue weighted by Gasteiger charge is -2.29. The van der Waals surface area contributed by atoms with Gasteiger partial charge in [0.15, 0.2) is 11.9 Å². The van der Waals surface area contributed by atoms with Gasteiger partial charge in [-0.25, -0.2) is 14.6 Å². The Hall–Kier alpha value is -4.34. The standard InChI is InChI=1S/C21H17N9O/c22-19-16(11-31)20(28-5-6-29-18(10-28)24-12-26-29)27-21-15(9-25-30(19)21)14-7-13-3-1-2-4-17(13)23-8-14/h1-4,7-9,11-12H,5-6,10,22H2. The van der Waals surface area contributed by atoms with Gasteiger partial charge in [0.2, 0.25) is 0 Å². The van der Waals surface area contributed by atoms with Crippen molar-refractivity contribution in [2.75, 3.05) is 17.2 Å². The quantitative estimate of drug-likeness (QED) is 0.447. The van der Waals surface area contributed by atoms with Crippen LogP contribution in [-0.4, -0.2) is 47.2 Å². The van der Waals surface area contributed by atoms with Gasteiger partial charge in [-0.15, -0.1) is 0 Å². The summed E-state index contributed by atoms with van der Waals surface area (Å²) < 4.78 is 3.36. The van der Waals surface area contributed by atoms with Gasteiger partial charge >= 0.3 is 0 Å². The predicted octanol–water partition coefficient (Wildman–Crippen LogP) is 1.95. The maximum Gasteiger partial charge on any atom is 0.167 e. The smallest absolute Gasteiger partial charge is 0.167 e. The number of para-hydroxylation sites is 1. The molecule has 5 heterocycles. The summed E-state index contributed by atoms with van der Waals surface area (Å²) >= 11 is 0. The molecule has 0 unspecified atom stereocenters. The molecule has 1 aliphatic rings. The number of anilines is 2. The topological polar surface area (TPSA) is 120 Å². The average Bonchev–Trinajstić information content (AvgIpc) is 3.45. The van der Waals surface area contributed by atoms with E-state index in [0.717, 1.165) is 34.1 Å². The van der Waals surface area contributed by atoms with Gasteiger partial charge in [0.1, 0.15) is 23.8 Å². The van der Waals surface area contributed by atoms with Gasteiger partial charge < -0.3 is 10.6 Å². The molecule has 2 N–H and O–H groups in total. The summed E-state index contributed by atoms with van der Waals surface area (Å²) in [6.07, 6.45) is 5.77. The van der Waals surface area contributed by atoms with Crippen LogP contribution >= 0.6 is 0 Å². The Labute approximate surface area is 176 Å². The summed E-state index contributed by atoms with van der Waals surface area (Å²) in [6.45, 7) is 1.78. The zero-order valence-corrected chi connectivity index (χ0v) is 16.4. The molecule has 0 aliphatic carbocycles. The minimum absolute atomic E-state index is 0.252. The molecule has 10 heteroatoms. The normalized spacial score (nSPS) is 13.6. The number of pyridine rings is 1. The second-order valence-corrected chi connectivity index (χ2v) is 7.38. The number of hydrogen-bond acceptors (Lipinski definition) is 8. The Morgan fingerprint density at radius 3 is 2.87 bits per heavy atom. The Balaban J connectivity index is 1.52. The number of nitrogens with two attached hydrogens (primary N) is 1. The molecule has 6 rings (SSSR count). The average molecular weight is 411 g/mol. The van der Waals surface area contributed by atoms with Gasteiger partial charge in [0, 0.05) is 29.3 Å². The van der Waals surface area contributed by atoms with E-state index < -0.39 is 0 Å². The maximum absolute atomic E-state index is 11.9. The van der Waals surface area contributed by atoms with Crippen LogP contribution in [0.4, 0.5) is 11.6 Å². The largest absolute Gasteiger partial charge is 0.383 e. The lowest BCUT2D eigenvalue weighted by Crippen LogP contribution is -2.35. The third-order valence-electron chi connectivity index (χ3n) is 5.63. The second kappa shape index (κ2) is 6.59. The summed E-state index contributed by atoms with van der Waals surface area (Å²) in [4.78, 5) is 27.6. The zero-order chi connectivity index (χ0) is 20.9. The summed E-state index contributed by atoms with van der Waals surface area (Å²) in [7, 11) is 0. The lowest BCUT2D eigenvalue weighted by atomic mass is 10.1. The molecule has 31 heavy (non-hydrogen) atoms. The first kappa shape index (κ1) is 17.5. The number of nitrogens with zero attached hydrogens (tertiary/aromatic N) is 8. The highest BCUT2D eigenvalue weighted by Crippen LogP contribution is 2.31. The van der Waals surface area contributed by atoms with Crippen LogP contribution in [0.3, 0.4) is 0 Å². The fourth-order valence-electron chi connectivity index (χ4n) is 4.03. The molecule has 152 valence electrons. The number of aromatic nitrogens is 7. The van der Waals surface area contributed by atoms with Crippen molar-refractivity contribution in [3.05, 3.63) is 60.4 Å². The highest BCUT2D eigenvalue weighted by Gasteiger charge is 2.25. The fraction of sp³-hybridized carbons (Fsp3) is 0.143. The number of rotatable bonds is 3. The van der Waals surface area contributed by atoms with E-state index in [1.54, 1.807) is 12.4 Å². The molecule has 1 aromatic carbocycles. The van der Waals surface area contributed by atoms with Crippen LogP contribution in [0.25, 0.3) is 27.7 Å². The van der Waals surface area contributed by atoms with Gasteiger partial charge in [-0.2, -0.15) is 14.7 Å². The summed E-state index contributed by atoms with van der Waals surface area (Å²) in [5.41, 5.74) is 9.82. The van der Waals surface area contributed by atoms with Crippen LogP contribution in [-0.2, 0) is 13.1 Å². The van der Waals surface area contributed by atoms with Crippen molar-refractivity contribution in [1.29, 1.82) is 0 Å². The number of fused-ring (bicyclic) bond motifs is 3. The van der Waals surface area contributed by atoms with Crippen LogP contribution in [0, 0.1) is 0 Å². The Morgan fingerprint density at radius 2 is 1.97 bits per heavy atom. The minimum Gasteiger partial charge on any atom is -0.383 e. The molecule has 10 nitrogen and oxygen atoms in total. The van der Waals surface area contributed by atoms with Crippen molar-refractivity contribution in [1.82, 2.24) is 34.3 Å². The molecule has 0 spiro atoms. The number of hydrogen-bond donors (Lipinski definition) is 1. The van der Waals surface area contributed by atoms with E-state index in [4.69, 9.17) is 10.7 Å². The lowest BCUT2D eigenvalue weighted by molar-refractivity contribution is 0.112. The van der Waals surface area contributed by atoms with Crippen LogP contribution in [0.15, 0.2) is 49.1 Å². The summed E-state index contributed by atoms with van der Waals surface area (Å²) in [5.74, 6) is 1.59. The van der Waals surface area contributed by atoms with E-state index in [9.17, 15) is 4.79 Å². The molecule has 4 aromatic heterocycles. The molecule has 0 fully saturated rings. The predicted molar refractivity (Wildman–Crippen MR) is 115 cm³/mol. The molecule has 1 aliphatic heterocycles. The van der Waals surface area contributed by atoms with E-state index >= 15 is 0 Å². The van der Waals surface area contributed by atoms with Gasteiger partial charge in [0.05, 0.1) is 30.4 Å². The summed E-state index contributed by atoms with van der Waals surface area (Å²) in [6, 6.07) is 9.96. The van der Waals surface area contributed by atoms with Gasteiger partial charge in [-0.05, 0) is 12.1 Å². The van der Waals surface area contributed by atoms with Crippen LogP contribution in [0.1, 0.15) is 16.2 Å². The van der Waals surface area contributed by atoms with E-state index in [2.05, 4.69) is 20.2 Å². The second-order valence-electron chi connectivity index (χ2n) is 7.38. The van der Waals surface area contributed by atoms with E-state index in [-0.39, 0.29) is 5.82 Å². The molecule has 0 radical (unpaired) electrons. The van der Waals surface area contributed by atoms with Gasteiger partial charge in [-0.1, -0.05) is 18.2 Å². The molecular formula is C21H17N9O. The highest BCUT2D eigenvalue weighted by atomic mass is 16.1. The molecule has 0 bridgehead atoms. The molecule has 0 amide bonds. The third-order valence-corrected chi connectivity index (χ3v) is 5.63. The van der Waals surface area contributed by atoms with Gasteiger partial charge in [0.25, 0.3) is 0 Å². The third kappa shape index (κ3) is 2.65. The van der Waals surface area contributed by atoms with Crippen molar-refractivity contribution in [3.8, 4) is 11.1 Å². The van der Waals surface area contributed by atoms with Crippen LogP contribution in [0.5, 0.6) is 0 Å². The van der Waals surface area contributed by atoms with Crippen molar-refractivity contribution in [2.45, 2.75) is 13.1 Å². The van der Waals surface area contributed by atoms with Crippen molar-refractivity contribution in [3.63, 3.8) is 0 Å². The molecule has 0 saturated heterocycles. The Kier molecular flexibility index (Phi) is 3.72. The number of carbonyl (C=O) groups is 1. The molecule has 0 atom stereocenters. The summed E-state index contributed by atoms with van der Waals surface area (Å²) in [5, 5.41) is 9.62. The first-order valence-electron chi connectivity index (χ1n) is 9.82. The molecular weight excluding hydrogens is 394 g/mol. The van der Waals surface area contributed by atoms with Crippen molar-refractivity contribution >= 4 is 34.5 Å². The first-order chi connectivity index (χ1) is 15.2. The van der Waals surface area contributed by atoms with E-state index in [1.165, 1.54) is 10.8 Å². The SMILES string of the molecule is Nc1c(C=O)c(N2CCn3ncnc3C2)nc2c(-c3cnc4ccccc4c3)cnn12. The number of nitrogen functional groups attached to an aromatic ring is 1. The molecule has 5 aromatic rings. The maximum atomic E-state index is 11.9. The molecule has 0 saturated carbocycles. The van der Waals surface area contributed by atoms with Crippen LogP contribution < -0.4 is 10.6 Å². The number of carbonyl (C=O) groups excluding carboxylic acids is 1. The van der Waals surface area contributed by atoms with E-state index in [0.29, 0.717) is 36.7 Å². The number of aldehydes is 1. The Morgan fingerprint density at radius 1 is 1.06 bits per heavy atom. The minimum atomic E-state index is 0.252.